The Labute approximate surface area is 119 Å². The van der Waals surface area contributed by atoms with Crippen LogP contribution in [0, 0.1) is 6.92 Å². The smallest absolute Gasteiger partial charge is 0.422 e. The summed E-state index contributed by atoms with van der Waals surface area (Å²) >= 11 is 0. The topological polar surface area (TPSA) is 39.2 Å². The number of aromatic nitrogens is 1. The Kier molecular flexibility index (Phi) is 4.26. The van der Waals surface area contributed by atoms with Gasteiger partial charge in [-0.25, -0.2) is 0 Å². The predicted octanol–water partition coefficient (Wildman–Crippen LogP) is 3.81. The van der Waals surface area contributed by atoms with Crippen LogP contribution < -0.4 is 4.74 Å². The van der Waals surface area contributed by atoms with Crippen molar-refractivity contribution in [3.8, 4) is 16.9 Å². The number of carbonyl (C=O) groups excluding carboxylic acids is 1. The van der Waals surface area contributed by atoms with Crippen molar-refractivity contribution in [2.45, 2.75) is 13.1 Å². The first-order valence-corrected chi connectivity index (χ1v) is 6.09. The predicted molar refractivity (Wildman–Crippen MR) is 71.3 cm³/mol. The van der Waals surface area contributed by atoms with Gasteiger partial charge in [0.2, 0.25) is 0 Å². The van der Waals surface area contributed by atoms with Gasteiger partial charge in [-0.15, -0.1) is 0 Å². The van der Waals surface area contributed by atoms with Crippen molar-refractivity contribution < 1.29 is 22.7 Å². The standard InChI is InChI=1S/C15H12F3NO2/c1-10-2-13(7-19-6-10)12-3-11(8-20)4-14(5-12)21-9-15(16,17)18/h2-8H,9H2,1H3. The zero-order valence-electron chi connectivity index (χ0n) is 11.1. The molecule has 1 aromatic carbocycles. The number of ether oxygens (including phenoxy) is 1. The minimum absolute atomic E-state index is 0.00608. The maximum Gasteiger partial charge on any atom is 0.422 e. The molecule has 2 aromatic rings. The van der Waals surface area contributed by atoms with E-state index in [-0.39, 0.29) is 11.3 Å². The van der Waals surface area contributed by atoms with Crippen LogP contribution in [0.2, 0.25) is 0 Å². The normalized spacial score (nSPS) is 11.2. The molecule has 0 atom stereocenters. The van der Waals surface area contributed by atoms with E-state index < -0.39 is 12.8 Å². The van der Waals surface area contributed by atoms with Crippen molar-refractivity contribution in [2.24, 2.45) is 0 Å². The quantitative estimate of drug-likeness (QED) is 0.805. The fourth-order valence-electron chi connectivity index (χ4n) is 1.82. The largest absolute Gasteiger partial charge is 0.484 e. The first-order chi connectivity index (χ1) is 9.87. The average molecular weight is 295 g/mol. The molecule has 0 N–H and O–H groups in total. The minimum atomic E-state index is -4.43. The number of aldehydes is 1. The lowest BCUT2D eigenvalue weighted by Gasteiger charge is -2.11. The Morgan fingerprint density at radius 1 is 1.14 bits per heavy atom. The van der Waals surface area contributed by atoms with Crippen molar-refractivity contribution in [1.29, 1.82) is 0 Å². The zero-order valence-corrected chi connectivity index (χ0v) is 11.1. The molecule has 21 heavy (non-hydrogen) atoms. The van der Waals surface area contributed by atoms with Crippen LogP contribution in [0.5, 0.6) is 5.75 Å². The highest BCUT2D eigenvalue weighted by atomic mass is 19.4. The van der Waals surface area contributed by atoms with Crippen molar-refractivity contribution in [2.75, 3.05) is 6.61 Å². The van der Waals surface area contributed by atoms with Crippen LogP contribution in [0.4, 0.5) is 13.2 Å². The monoisotopic (exact) mass is 295 g/mol. The lowest BCUT2D eigenvalue weighted by Crippen LogP contribution is -2.19. The van der Waals surface area contributed by atoms with Crippen LogP contribution in [0.1, 0.15) is 15.9 Å². The fraction of sp³-hybridized carbons (Fsp3) is 0.200. The molecule has 0 bridgehead atoms. The number of nitrogens with zero attached hydrogens (tertiary/aromatic N) is 1. The third-order valence-electron chi connectivity index (χ3n) is 2.68. The molecule has 1 aromatic heterocycles. The summed E-state index contributed by atoms with van der Waals surface area (Å²) in [5, 5.41) is 0. The number of aryl methyl sites for hydroxylation is 1. The summed E-state index contributed by atoms with van der Waals surface area (Å²) in [4.78, 5) is 14.9. The van der Waals surface area contributed by atoms with Gasteiger partial charge in [-0.3, -0.25) is 9.78 Å². The number of alkyl halides is 3. The van der Waals surface area contributed by atoms with Gasteiger partial charge >= 0.3 is 6.18 Å². The summed E-state index contributed by atoms with van der Waals surface area (Å²) in [6, 6.07) is 6.12. The van der Waals surface area contributed by atoms with E-state index in [2.05, 4.69) is 4.98 Å². The summed E-state index contributed by atoms with van der Waals surface area (Å²) in [6.07, 6.45) is -0.631. The van der Waals surface area contributed by atoms with E-state index in [1.54, 1.807) is 18.5 Å². The van der Waals surface area contributed by atoms with Gasteiger partial charge in [-0.1, -0.05) is 0 Å². The van der Waals surface area contributed by atoms with Gasteiger partial charge in [-0.05, 0) is 42.3 Å². The van der Waals surface area contributed by atoms with Gasteiger partial charge < -0.3 is 4.74 Å². The minimum Gasteiger partial charge on any atom is -0.484 e. The molecule has 6 heteroatoms. The summed E-state index contributed by atoms with van der Waals surface area (Å²) in [5.74, 6) is -0.00608. The molecule has 0 aliphatic carbocycles. The number of hydrogen-bond acceptors (Lipinski definition) is 3. The molecule has 0 fully saturated rings. The maximum absolute atomic E-state index is 12.2. The third kappa shape index (κ3) is 4.30. The van der Waals surface area contributed by atoms with Crippen LogP contribution in [0.3, 0.4) is 0 Å². The molecule has 0 saturated heterocycles. The van der Waals surface area contributed by atoms with Gasteiger partial charge in [0.1, 0.15) is 12.0 Å². The van der Waals surface area contributed by atoms with Crippen LogP contribution in [-0.4, -0.2) is 24.1 Å². The highest BCUT2D eigenvalue weighted by Crippen LogP contribution is 2.27. The first-order valence-electron chi connectivity index (χ1n) is 6.09. The van der Waals surface area contributed by atoms with Crippen molar-refractivity contribution >= 4 is 6.29 Å². The molecule has 110 valence electrons. The average Bonchev–Trinajstić information content (AvgIpc) is 2.44. The lowest BCUT2D eigenvalue weighted by atomic mass is 10.0. The molecule has 2 rings (SSSR count). The number of rotatable bonds is 4. The molecule has 1 heterocycles. The molecule has 0 unspecified atom stereocenters. The Morgan fingerprint density at radius 2 is 1.90 bits per heavy atom. The summed E-state index contributed by atoms with van der Waals surface area (Å²) in [7, 11) is 0. The summed E-state index contributed by atoms with van der Waals surface area (Å²) < 4.78 is 41.3. The van der Waals surface area contributed by atoms with Crippen molar-refractivity contribution in [1.82, 2.24) is 4.98 Å². The van der Waals surface area contributed by atoms with Gasteiger partial charge in [0.15, 0.2) is 6.61 Å². The van der Waals surface area contributed by atoms with Crippen molar-refractivity contribution in [3.05, 3.63) is 47.8 Å². The van der Waals surface area contributed by atoms with E-state index in [0.717, 1.165) is 5.56 Å². The lowest BCUT2D eigenvalue weighted by molar-refractivity contribution is -0.153. The second kappa shape index (κ2) is 5.95. The third-order valence-corrected chi connectivity index (χ3v) is 2.68. The van der Waals surface area contributed by atoms with Crippen LogP contribution >= 0.6 is 0 Å². The van der Waals surface area contributed by atoms with E-state index >= 15 is 0 Å². The van der Waals surface area contributed by atoms with Crippen LogP contribution in [0.15, 0.2) is 36.7 Å². The number of halogens is 3. The van der Waals surface area contributed by atoms with Gasteiger partial charge in [0, 0.05) is 23.5 Å². The maximum atomic E-state index is 12.2. The fourth-order valence-corrected chi connectivity index (χ4v) is 1.82. The van der Waals surface area contributed by atoms with E-state index in [1.165, 1.54) is 12.1 Å². The SMILES string of the molecule is Cc1cncc(-c2cc(C=O)cc(OCC(F)(F)F)c2)c1. The summed E-state index contributed by atoms with van der Waals surface area (Å²) in [5.41, 5.74) is 2.43. The molecule has 0 aliphatic rings. The Morgan fingerprint density at radius 3 is 2.52 bits per heavy atom. The van der Waals surface area contributed by atoms with E-state index in [1.807, 2.05) is 13.0 Å². The highest BCUT2D eigenvalue weighted by Gasteiger charge is 2.28. The van der Waals surface area contributed by atoms with Crippen LogP contribution in [-0.2, 0) is 0 Å². The second-order valence-electron chi connectivity index (χ2n) is 4.56. The molecule has 0 saturated carbocycles. The molecule has 0 radical (unpaired) electrons. The molecular weight excluding hydrogens is 283 g/mol. The molecule has 0 amide bonds. The summed E-state index contributed by atoms with van der Waals surface area (Å²) in [6.45, 7) is 0.446. The highest BCUT2D eigenvalue weighted by molar-refractivity contribution is 5.80. The van der Waals surface area contributed by atoms with E-state index in [4.69, 9.17) is 4.74 Å². The van der Waals surface area contributed by atoms with Crippen LogP contribution in [0.25, 0.3) is 11.1 Å². The molecule has 3 nitrogen and oxygen atoms in total. The Hall–Kier alpha value is -2.37. The number of carbonyl (C=O) groups is 1. The van der Waals surface area contributed by atoms with E-state index in [0.29, 0.717) is 17.4 Å². The van der Waals surface area contributed by atoms with E-state index in [9.17, 15) is 18.0 Å². The second-order valence-corrected chi connectivity index (χ2v) is 4.56. The zero-order chi connectivity index (χ0) is 15.5. The Bertz CT molecular complexity index is 654. The first kappa shape index (κ1) is 15.0. The number of pyridine rings is 1. The molecule has 0 spiro atoms. The Balaban J connectivity index is 2.36. The number of hydrogen-bond donors (Lipinski definition) is 0. The van der Waals surface area contributed by atoms with Gasteiger partial charge in [0.05, 0.1) is 0 Å². The van der Waals surface area contributed by atoms with Gasteiger partial charge in [0.25, 0.3) is 0 Å². The molecule has 0 aliphatic heterocycles. The number of benzene rings is 1. The van der Waals surface area contributed by atoms with Gasteiger partial charge in [-0.2, -0.15) is 13.2 Å². The van der Waals surface area contributed by atoms with Crippen molar-refractivity contribution in [3.63, 3.8) is 0 Å². The molecular formula is C15H12F3NO2.